The molecule has 0 radical (unpaired) electrons. The highest BCUT2D eigenvalue weighted by Crippen LogP contribution is 2.36. The highest BCUT2D eigenvalue weighted by molar-refractivity contribution is 5.69. The Hall–Kier alpha value is -0.530. The van der Waals surface area contributed by atoms with Crippen LogP contribution in [-0.4, -0.2) is 11.1 Å². The van der Waals surface area contributed by atoms with Gasteiger partial charge in [0.1, 0.15) is 0 Å². The van der Waals surface area contributed by atoms with Crippen molar-refractivity contribution in [1.29, 1.82) is 0 Å². The third-order valence-corrected chi connectivity index (χ3v) is 3.90. The van der Waals surface area contributed by atoms with Crippen molar-refractivity contribution < 1.29 is 9.90 Å². The first-order chi connectivity index (χ1) is 6.52. The van der Waals surface area contributed by atoms with E-state index in [9.17, 15) is 4.79 Å². The molecule has 1 aliphatic carbocycles. The van der Waals surface area contributed by atoms with E-state index < -0.39 is 5.97 Å². The van der Waals surface area contributed by atoms with Gasteiger partial charge in [-0.1, -0.05) is 40.0 Å². The van der Waals surface area contributed by atoms with Crippen LogP contribution in [0, 0.1) is 23.7 Å². The lowest BCUT2D eigenvalue weighted by atomic mass is 9.72. The number of carboxylic acid groups (broad SMARTS) is 1. The maximum absolute atomic E-state index is 10.9. The highest BCUT2D eigenvalue weighted by Gasteiger charge is 2.30. The topological polar surface area (TPSA) is 37.3 Å². The molecule has 0 bridgehead atoms. The maximum Gasteiger partial charge on any atom is 0.306 e. The van der Waals surface area contributed by atoms with E-state index in [1.54, 1.807) is 0 Å². The van der Waals surface area contributed by atoms with Crippen LogP contribution < -0.4 is 0 Å². The van der Waals surface area contributed by atoms with Gasteiger partial charge in [-0.2, -0.15) is 0 Å². The second-order valence-corrected chi connectivity index (χ2v) is 5.02. The van der Waals surface area contributed by atoms with Gasteiger partial charge in [-0.05, 0) is 24.2 Å². The van der Waals surface area contributed by atoms with Crippen LogP contribution in [0.5, 0.6) is 0 Å². The normalized spacial score (nSPS) is 32.2. The van der Waals surface area contributed by atoms with Gasteiger partial charge in [0.2, 0.25) is 0 Å². The van der Waals surface area contributed by atoms with Gasteiger partial charge in [0.15, 0.2) is 0 Å². The molecule has 0 aromatic carbocycles. The SMILES string of the molecule is CC1CCCC(C(C)C(C)C(=O)O)C1. The minimum absolute atomic E-state index is 0.190. The molecule has 0 spiro atoms. The number of rotatable bonds is 3. The van der Waals surface area contributed by atoms with Gasteiger partial charge in [-0.25, -0.2) is 0 Å². The van der Waals surface area contributed by atoms with Crippen molar-refractivity contribution in [3.63, 3.8) is 0 Å². The van der Waals surface area contributed by atoms with Crippen LogP contribution in [0.25, 0.3) is 0 Å². The van der Waals surface area contributed by atoms with Crippen molar-refractivity contribution in [2.45, 2.75) is 46.5 Å². The molecule has 4 atom stereocenters. The molecule has 1 fully saturated rings. The fourth-order valence-corrected chi connectivity index (χ4v) is 2.59. The Morgan fingerprint density at radius 3 is 2.50 bits per heavy atom. The quantitative estimate of drug-likeness (QED) is 0.756. The number of aliphatic carboxylic acids is 1. The van der Waals surface area contributed by atoms with Crippen LogP contribution in [0.15, 0.2) is 0 Å². The Morgan fingerprint density at radius 1 is 1.36 bits per heavy atom. The molecule has 2 heteroatoms. The minimum atomic E-state index is -0.643. The van der Waals surface area contributed by atoms with Gasteiger partial charge in [0, 0.05) is 0 Å². The van der Waals surface area contributed by atoms with Crippen molar-refractivity contribution >= 4 is 5.97 Å². The Morgan fingerprint density at radius 2 is 2.00 bits per heavy atom. The van der Waals surface area contributed by atoms with E-state index in [4.69, 9.17) is 5.11 Å². The van der Waals surface area contributed by atoms with Crippen molar-refractivity contribution in [3.05, 3.63) is 0 Å². The molecule has 1 N–H and O–H groups in total. The van der Waals surface area contributed by atoms with Gasteiger partial charge in [0.05, 0.1) is 5.92 Å². The second kappa shape index (κ2) is 4.81. The molecule has 2 nitrogen and oxygen atoms in total. The van der Waals surface area contributed by atoms with E-state index in [-0.39, 0.29) is 5.92 Å². The lowest BCUT2D eigenvalue weighted by Gasteiger charge is -2.33. The average molecular weight is 198 g/mol. The average Bonchev–Trinajstić information content (AvgIpc) is 2.15. The Balaban J connectivity index is 2.50. The van der Waals surface area contributed by atoms with Crippen LogP contribution in [-0.2, 0) is 4.79 Å². The van der Waals surface area contributed by atoms with E-state index in [1.165, 1.54) is 25.7 Å². The molecule has 0 heterocycles. The predicted molar refractivity (Wildman–Crippen MR) is 57.1 cm³/mol. The van der Waals surface area contributed by atoms with Crippen LogP contribution in [0.4, 0.5) is 0 Å². The summed E-state index contributed by atoms with van der Waals surface area (Å²) >= 11 is 0. The predicted octanol–water partition coefficient (Wildman–Crippen LogP) is 3.17. The zero-order valence-corrected chi connectivity index (χ0v) is 9.49. The first-order valence-corrected chi connectivity index (χ1v) is 5.75. The fourth-order valence-electron chi connectivity index (χ4n) is 2.59. The molecule has 0 aromatic heterocycles. The zero-order valence-electron chi connectivity index (χ0n) is 9.49. The molecule has 4 unspecified atom stereocenters. The summed E-state index contributed by atoms with van der Waals surface area (Å²) in [5, 5.41) is 8.95. The lowest BCUT2D eigenvalue weighted by Crippen LogP contribution is -2.28. The molecule has 1 aliphatic rings. The maximum atomic E-state index is 10.9. The van der Waals surface area contributed by atoms with Crippen molar-refractivity contribution in [1.82, 2.24) is 0 Å². The van der Waals surface area contributed by atoms with Gasteiger partial charge in [-0.3, -0.25) is 4.79 Å². The molecule has 0 aromatic rings. The van der Waals surface area contributed by atoms with Gasteiger partial charge in [0.25, 0.3) is 0 Å². The third-order valence-electron chi connectivity index (χ3n) is 3.90. The zero-order chi connectivity index (χ0) is 10.7. The van der Waals surface area contributed by atoms with E-state index in [0.29, 0.717) is 11.8 Å². The second-order valence-electron chi connectivity index (χ2n) is 5.02. The summed E-state index contributed by atoms with van der Waals surface area (Å²) in [5.41, 5.74) is 0. The minimum Gasteiger partial charge on any atom is -0.481 e. The van der Waals surface area contributed by atoms with Gasteiger partial charge in [-0.15, -0.1) is 0 Å². The van der Waals surface area contributed by atoms with E-state index in [2.05, 4.69) is 13.8 Å². The van der Waals surface area contributed by atoms with E-state index >= 15 is 0 Å². The van der Waals surface area contributed by atoms with Crippen molar-refractivity contribution in [2.24, 2.45) is 23.7 Å². The summed E-state index contributed by atoms with van der Waals surface area (Å²) in [5.74, 6) is 0.915. The first-order valence-electron chi connectivity index (χ1n) is 5.75. The Labute approximate surface area is 86.7 Å². The van der Waals surface area contributed by atoms with Gasteiger partial charge < -0.3 is 5.11 Å². The lowest BCUT2D eigenvalue weighted by molar-refractivity contribution is -0.143. The number of hydrogen-bond acceptors (Lipinski definition) is 1. The number of carboxylic acids is 1. The molecule has 1 saturated carbocycles. The summed E-state index contributed by atoms with van der Waals surface area (Å²) in [6.07, 6.45) is 5.05. The summed E-state index contributed by atoms with van der Waals surface area (Å²) < 4.78 is 0. The first kappa shape index (κ1) is 11.5. The third kappa shape index (κ3) is 2.73. The smallest absolute Gasteiger partial charge is 0.306 e. The van der Waals surface area contributed by atoms with Crippen LogP contribution in [0.3, 0.4) is 0 Å². The summed E-state index contributed by atoms with van der Waals surface area (Å²) in [4.78, 5) is 10.9. The molecule has 82 valence electrons. The molecule has 14 heavy (non-hydrogen) atoms. The number of carbonyl (C=O) groups is 1. The molecular formula is C12H22O2. The van der Waals surface area contributed by atoms with Crippen LogP contribution in [0.2, 0.25) is 0 Å². The Kier molecular flexibility index (Phi) is 3.97. The fraction of sp³-hybridized carbons (Fsp3) is 0.917. The van der Waals surface area contributed by atoms with Crippen molar-refractivity contribution in [3.8, 4) is 0 Å². The van der Waals surface area contributed by atoms with Crippen molar-refractivity contribution in [2.75, 3.05) is 0 Å². The molecular weight excluding hydrogens is 176 g/mol. The molecule has 0 amide bonds. The van der Waals surface area contributed by atoms with Crippen LogP contribution >= 0.6 is 0 Å². The van der Waals surface area contributed by atoms with E-state index in [0.717, 1.165) is 5.92 Å². The summed E-state index contributed by atoms with van der Waals surface area (Å²) in [6.45, 7) is 6.22. The molecule has 1 rings (SSSR count). The van der Waals surface area contributed by atoms with E-state index in [1.807, 2.05) is 6.92 Å². The monoisotopic (exact) mass is 198 g/mol. The summed E-state index contributed by atoms with van der Waals surface area (Å²) in [6, 6.07) is 0. The molecule has 0 aliphatic heterocycles. The summed E-state index contributed by atoms with van der Waals surface area (Å²) in [7, 11) is 0. The van der Waals surface area contributed by atoms with Crippen LogP contribution in [0.1, 0.15) is 46.5 Å². The number of hydrogen-bond donors (Lipinski definition) is 1. The largest absolute Gasteiger partial charge is 0.481 e. The standard InChI is InChI=1S/C12H22O2/c1-8-5-4-6-11(7-8)9(2)10(3)12(13)14/h8-11H,4-7H2,1-3H3,(H,13,14). The van der Waals surface area contributed by atoms with Gasteiger partial charge >= 0.3 is 5.97 Å². The molecule has 0 saturated heterocycles. The Bertz CT molecular complexity index is 200. The highest BCUT2D eigenvalue weighted by atomic mass is 16.4.